The first-order valence-electron chi connectivity index (χ1n) is 9.65. The van der Waals surface area contributed by atoms with Gasteiger partial charge in [-0.1, -0.05) is 30.3 Å². The molecule has 29 heavy (non-hydrogen) atoms. The summed E-state index contributed by atoms with van der Waals surface area (Å²) in [5.74, 6) is 1.61. The maximum atomic E-state index is 11.4. The molecule has 2 aromatic rings. The number of halogens is 1. The minimum absolute atomic E-state index is 0. The Morgan fingerprint density at radius 1 is 1.03 bits per heavy atom. The zero-order valence-electron chi connectivity index (χ0n) is 17.0. The maximum absolute atomic E-state index is 11.4. The summed E-state index contributed by atoms with van der Waals surface area (Å²) in [6.45, 7) is 6.33. The van der Waals surface area contributed by atoms with Crippen LogP contribution < -0.4 is 20.1 Å². The Bertz CT molecular complexity index is 875. The second-order valence-corrected chi connectivity index (χ2v) is 8.29. The first kappa shape index (κ1) is 25.4. The van der Waals surface area contributed by atoms with Gasteiger partial charge in [0, 0.05) is 32.6 Å². The molecule has 9 heteroatoms. The first-order valence-corrected chi connectivity index (χ1v) is 11.3. The van der Waals surface area contributed by atoms with Crippen molar-refractivity contribution in [3.05, 3.63) is 42.5 Å². The quantitative estimate of drug-likeness (QED) is 0.179. The summed E-state index contributed by atoms with van der Waals surface area (Å²) in [6, 6.07) is 14.3. The van der Waals surface area contributed by atoms with Crippen molar-refractivity contribution in [3.63, 3.8) is 0 Å². The van der Waals surface area contributed by atoms with E-state index in [0.29, 0.717) is 32.2 Å². The van der Waals surface area contributed by atoms with Gasteiger partial charge in [-0.25, -0.2) is 13.1 Å². The SMILES string of the molecule is CCNC(=NCCCOc1ccc2ccccc2c1)NCCNS(=O)(=O)CC.I. The summed E-state index contributed by atoms with van der Waals surface area (Å²) < 4.78 is 31.1. The zero-order valence-corrected chi connectivity index (χ0v) is 20.1. The highest BCUT2D eigenvalue weighted by molar-refractivity contribution is 14.0. The molecule has 162 valence electrons. The fourth-order valence-electron chi connectivity index (χ4n) is 2.53. The molecule has 3 N–H and O–H groups in total. The number of ether oxygens (including phenoxy) is 1. The molecule has 0 fully saturated rings. The van der Waals surface area contributed by atoms with Crippen molar-refractivity contribution in [2.24, 2.45) is 4.99 Å². The molecule has 0 aromatic heterocycles. The van der Waals surface area contributed by atoms with Gasteiger partial charge < -0.3 is 15.4 Å². The molecule has 0 spiro atoms. The average molecular weight is 534 g/mol. The van der Waals surface area contributed by atoms with Gasteiger partial charge in [-0.3, -0.25) is 4.99 Å². The van der Waals surface area contributed by atoms with Crippen LogP contribution >= 0.6 is 24.0 Å². The predicted molar refractivity (Wildman–Crippen MR) is 131 cm³/mol. The van der Waals surface area contributed by atoms with Gasteiger partial charge in [-0.15, -0.1) is 24.0 Å². The summed E-state index contributed by atoms with van der Waals surface area (Å²) in [4.78, 5) is 4.49. The highest BCUT2D eigenvalue weighted by Crippen LogP contribution is 2.20. The molecule has 2 aromatic carbocycles. The minimum Gasteiger partial charge on any atom is -0.494 e. The summed E-state index contributed by atoms with van der Waals surface area (Å²) >= 11 is 0. The van der Waals surface area contributed by atoms with E-state index in [4.69, 9.17) is 4.74 Å². The molecule has 7 nitrogen and oxygen atoms in total. The number of benzene rings is 2. The van der Waals surface area contributed by atoms with E-state index in [-0.39, 0.29) is 29.7 Å². The number of guanidine groups is 1. The van der Waals surface area contributed by atoms with Crippen LogP contribution in [0.25, 0.3) is 10.8 Å². The molecular formula is C20H31IN4O3S. The molecule has 0 bridgehead atoms. The number of hydrogen-bond donors (Lipinski definition) is 3. The van der Waals surface area contributed by atoms with Gasteiger partial charge in [0.15, 0.2) is 5.96 Å². The van der Waals surface area contributed by atoms with Crippen molar-refractivity contribution in [3.8, 4) is 5.75 Å². The number of rotatable bonds is 11. The molecule has 0 amide bonds. The second kappa shape index (κ2) is 13.6. The van der Waals surface area contributed by atoms with Gasteiger partial charge in [0.25, 0.3) is 0 Å². The lowest BCUT2D eigenvalue weighted by Crippen LogP contribution is -2.41. The number of nitrogens with zero attached hydrogens (tertiary/aromatic N) is 1. The van der Waals surface area contributed by atoms with Crippen LogP contribution in [0.3, 0.4) is 0 Å². The van der Waals surface area contributed by atoms with E-state index in [1.54, 1.807) is 6.92 Å². The van der Waals surface area contributed by atoms with E-state index >= 15 is 0 Å². The van der Waals surface area contributed by atoms with Gasteiger partial charge in [0.05, 0.1) is 12.4 Å². The molecule has 0 saturated carbocycles. The Hall–Kier alpha value is -1.59. The smallest absolute Gasteiger partial charge is 0.211 e. The predicted octanol–water partition coefficient (Wildman–Crippen LogP) is 2.72. The molecule has 0 aliphatic heterocycles. The highest BCUT2D eigenvalue weighted by atomic mass is 127. The lowest BCUT2D eigenvalue weighted by molar-refractivity contribution is 0.314. The first-order chi connectivity index (χ1) is 13.5. The van der Waals surface area contributed by atoms with Crippen molar-refractivity contribution in [1.29, 1.82) is 0 Å². The Balaban J connectivity index is 0.00000420. The topological polar surface area (TPSA) is 91.8 Å². The van der Waals surface area contributed by atoms with Gasteiger partial charge in [0.1, 0.15) is 5.75 Å². The van der Waals surface area contributed by atoms with Gasteiger partial charge >= 0.3 is 0 Å². The average Bonchev–Trinajstić information content (AvgIpc) is 2.70. The molecule has 0 aliphatic rings. The van der Waals surface area contributed by atoms with E-state index in [9.17, 15) is 8.42 Å². The second-order valence-electron chi connectivity index (χ2n) is 6.20. The molecule has 0 heterocycles. The van der Waals surface area contributed by atoms with Crippen molar-refractivity contribution in [2.75, 3.05) is 38.5 Å². The fraction of sp³-hybridized carbons (Fsp3) is 0.450. The Labute approximate surface area is 190 Å². The molecule has 0 radical (unpaired) electrons. The van der Waals surface area contributed by atoms with Gasteiger partial charge in [-0.05, 0) is 36.8 Å². The van der Waals surface area contributed by atoms with E-state index in [0.717, 1.165) is 24.1 Å². The van der Waals surface area contributed by atoms with Gasteiger partial charge in [-0.2, -0.15) is 0 Å². The van der Waals surface area contributed by atoms with Crippen LogP contribution in [0, 0.1) is 0 Å². The van der Waals surface area contributed by atoms with Crippen LogP contribution in [-0.2, 0) is 10.0 Å². The molecule has 0 atom stereocenters. The van der Waals surface area contributed by atoms with E-state index < -0.39 is 10.0 Å². The van der Waals surface area contributed by atoms with E-state index in [2.05, 4.69) is 38.5 Å². The monoisotopic (exact) mass is 534 g/mol. The number of aliphatic imine (C=N–C) groups is 1. The van der Waals surface area contributed by atoms with Crippen LogP contribution in [0.15, 0.2) is 47.5 Å². The van der Waals surface area contributed by atoms with Crippen LogP contribution in [0.4, 0.5) is 0 Å². The van der Waals surface area contributed by atoms with Crippen molar-refractivity contribution in [1.82, 2.24) is 15.4 Å². The number of nitrogens with one attached hydrogen (secondary N) is 3. The molecule has 0 saturated heterocycles. The normalized spacial score (nSPS) is 11.7. The summed E-state index contributed by atoms with van der Waals surface area (Å²) in [6.07, 6.45) is 0.784. The molecule has 2 rings (SSSR count). The number of hydrogen-bond acceptors (Lipinski definition) is 4. The molecular weight excluding hydrogens is 503 g/mol. The Kier molecular flexibility index (Phi) is 11.9. The van der Waals surface area contributed by atoms with Crippen LogP contribution in [-0.4, -0.2) is 52.9 Å². The molecule has 0 aliphatic carbocycles. The lowest BCUT2D eigenvalue weighted by atomic mass is 10.1. The lowest BCUT2D eigenvalue weighted by Gasteiger charge is -2.12. The van der Waals surface area contributed by atoms with Crippen LogP contribution in [0.5, 0.6) is 5.75 Å². The van der Waals surface area contributed by atoms with Crippen LogP contribution in [0.2, 0.25) is 0 Å². The van der Waals surface area contributed by atoms with Gasteiger partial charge in [0.2, 0.25) is 10.0 Å². The van der Waals surface area contributed by atoms with Crippen molar-refractivity contribution in [2.45, 2.75) is 20.3 Å². The number of fused-ring (bicyclic) bond motifs is 1. The third kappa shape index (κ3) is 9.64. The van der Waals surface area contributed by atoms with Crippen LogP contribution in [0.1, 0.15) is 20.3 Å². The van der Waals surface area contributed by atoms with E-state index in [1.165, 1.54) is 5.39 Å². The standard InChI is InChI=1S/C20H30N4O3S.HI/c1-3-21-20(23-13-14-24-28(25,26)4-2)22-12-7-15-27-19-11-10-17-8-5-6-9-18(17)16-19;/h5-6,8-11,16,24H,3-4,7,12-15H2,1-2H3,(H2,21,22,23);1H. The van der Waals surface area contributed by atoms with Crippen molar-refractivity contribution >= 4 is 50.7 Å². The highest BCUT2D eigenvalue weighted by Gasteiger charge is 2.05. The Morgan fingerprint density at radius 3 is 2.52 bits per heavy atom. The zero-order chi connectivity index (χ0) is 20.2. The summed E-state index contributed by atoms with van der Waals surface area (Å²) in [5.41, 5.74) is 0. The Morgan fingerprint density at radius 2 is 1.79 bits per heavy atom. The third-order valence-electron chi connectivity index (χ3n) is 4.03. The fourth-order valence-corrected chi connectivity index (χ4v) is 3.15. The van der Waals surface area contributed by atoms with E-state index in [1.807, 2.05) is 31.2 Å². The number of sulfonamides is 1. The summed E-state index contributed by atoms with van der Waals surface area (Å²) in [5, 5.41) is 8.62. The third-order valence-corrected chi connectivity index (χ3v) is 5.43. The largest absolute Gasteiger partial charge is 0.494 e. The van der Waals surface area contributed by atoms with Crippen molar-refractivity contribution < 1.29 is 13.2 Å². The summed E-state index contributed by atoms with van der Waals surface area (Å²) in [7, 11) is -3.16. The minimum atomic E-state index is -3.16. The maximum Gasteiger partial charge on any atom is 0.211 e. The molecule has 0 unspecified atom stereocenters.